The van der Waals surface area contributed by atoms with Crippen molar-refractivity contribution in [3.63, 3.8) is 0 Å². The van der Waals surface area contributed by atoms with Gasteiger partial charge in [0.25, 0.3) is 0 Å². The number of hydrogen-bond acceptors (Lipinski definition) is 2. The van der Waals surface area contributed by atoms with Crippen LogP contribution >= 0.6 is 0 Å². The second-order valence-electron chi connectivity index (χ2n) is 3.92. The molecule has 1 heterocycles. The lowest BCUT2D eigenvalue weighted by atomic mass is 10.1. The van der Waals surface area contributed by atoms with Crippen molar-refractivity contribution in [3.8, 4) is 0 Å². The Labute approximate surface area is 92.2 Å². The number of nitrogens with one attached hydrogen (secondary N) is 1. The third-order valence-corrected chi connectivity index (χ3v) is 2.71. The van der Waals surface area contributed by atoms with Crippen LogP contribution < -0.4 is 5.32 Å². The predicted molar refractivity (Wildman–Crippen MR) is 58.4 cm³/mol. The minimum atomic E-state index is -0.526. The van der Waals surface area contributed by atoms with Crippen LogP contribution in [0.5, 0.6) is 0 Å². The fourth-order valence-corrected chi connectivity index (χ4v) is 1.65. The normalized spacial score (nSPS) is 13.2. The van der Waals surface area contributed by atoms with Crippen molar-refractivity contribution in [3.05, 3.63) is 35.6 Å². The summed E-state index contributed by atoms with van der Waals surface area (Å²) in [6.45, 7) is 1.95. The van der Waals surface area contributed by atoms with Gasteiger partial charge in [-0.15, -0.1) is 0 Å². The zero-order valence-corrected chi connectivity index (χ0v) is 9.18. The Morgan fingerprint density at radius 1 is 1.31 bits per heavy atom. The van der Waals surface area contributed by atoms with Crippen LogP contribution in [0.1, 0.15) is 12.5 Å². The summed E-state index contributed by atoms with van der Waals surface area (Å²) >= 11 is 0. The number of furan rings is 1. The summed E-state index contributed by atoms with van der Waals surface area (Å²) in [6, 6.07) is 2.90. The average molecular weight is 225 g/mol. The van der Waals surface area contributed by atoms with Gasteiger partial charge in [-0.2, -0.15) is 0 Å². The van der Waals surface area contributed by atoms with Gasteiger partial charge >= 0.3 is 0 Å². The molecule has 86 valence electrons. The molecule has 0 aliphatic carbocycles. The Bertz CT molecular complexity index is 507. The second-order valence-corrected chi connectivity index (χ2v) is 3.92. The maximum Gasteiger partial charge on any atom is 0.169 e. The molecule has 1 atom stereocenters. The van der Waals surface area contributed by atoms with Crippen molar-refractivity contribution >= 4 is 11.0 Å². The first-order chi connectivity index (χ1) is 7.61. The van der Waals surface area contributed by atoms with Gasteiger partial charge < -0.3 is 9.73 Å². The van der Waals surface area contributed by atoms with E-state index in [4.69, 9.17) is 4.42 Å². The van der Waals surface area contributed by atoms with E-state index in [0.29, 0.717) is 17.6 Å². The lowest BCUT2D eigenvalue weighted by Crippen LogP contribution is -2.23. The number of rotatable bonds is 3. The van der Waals surface area contributed by atoms with Crippen molar-refractivity contribution in [2.75, 3.05) is 7.05 Å². The zero-order chi connectivity index (χ0) is 11.7. The standard InChI is InChI=1S/C12H13F2NO/c1-7(15-2)3-8-4-12-9(5-10(8)13)11(14)6-16-12/h4-7,15H,3H2,1-2H3. The first-order valence-electron chi connectivity index (χ1n) is 5.14. The van der Waals surface area contributed by atoms with Crippen LogP contribution in [0.15, 0.2) is 22.8 Å². The Morgan fingerprint density at radius 2 is 2.06 bits per heavy atom. The number of fused-ring (bicyclic) bond motifs is 1. The van der Waals surface area contributed by atoms with Gasteiger partial charge in [0.1, 0.15) is 17.7 Å². The van der Waals surface area contributed by atoms with Crippen LogP contribution in [-0.4, -0.2) is 13.1 Å². The topological polar surface area (TPSA) is 25.2 Å². The highest BCUT2D eigenvalue weighted by atomic mass is 19.1. The Balaban J connectivity index is 2.42. The highest BCUT2D eigenvalue weighted by Gasteiger charge is 2.12. The molecule has 0 saturated heterocycles. The first-order valence-corrected chi connectivity index (χ1v) is 5.14. The molecule has 0 bridgehead atoms. The lowest BCUT2D eigenvalue weighted by Gasteiger charge is -2.10. The minimum absolute atomic E-state index is 0.159. The summed E-state index contributed by atoms with van der Waals surface area (Å²) in [6.07, 6.45) is 1.54. The third kappa shape index (κ3) is 1.93. The lowest BCUT2D eigenvalue weighted by molar-refractivity contribution is 0.555. The minimum Gasteiger partial charge on any atom is -0.461 e. The molecule has 1 unspecified atom stereocenters. The molecule has 1 aromatic heterocycles. The quantitative estimate of drug-likeness (QED) is 0.868. The van der Waals surface area contributed by atoms with Crippen molar-refractivity contribution in [1.29, 1.82) is 0 Å². The molecule has 16 heavy (non-hydrogen) atoms. The molecule has 2 nitrogen and oxygen atoms in total. The summed E-state index contributed by atoms with van der Waals surface area (Å²) in [5.74, 6) is -0.919. The van der Waals surface area contributed by atoms with E-state index in [1.807, 2.05) is 14.0 Å². The Morgan fingerprint density at radius 3 is 2.75 bits per heavy atom. The van der Waals surface area contributed by atoms with Crippen molar-refractivity contribution in [2.24, 2.45) is 0 Å². The zero-order valence-electron chi connectivity index (χ0n) is 9.18. The molecular formula is C12H13F2NO. The largest absolute Gasteiger partial charge is 0.461 e. The van der Waals surface area contributed by atoms with Gasteiger partial charge in [0.15, 0.2) is 5.82 Å². The molecule has 0 spiro atoms. The summed E-state index contributed by atoms with van der Waals surface area (Å²) in [5.41, 5.74) is 0.918. The fraction of sp³-hybridized carbons (Fsp3) is 0.333. The SMILES string of the molecule is CNC(C)Cc1cc2occ(F)c2cc1F. The average Bonchev–Trinajstić information content (AvgIpc) is 2.61. The molecule has 2 aromatic rings. The molecule has 1 N–H and O–H groups in total. The van der Waals surface area contributed by atoms with Gasteiger partial charge in [-0.25, -0.2) is 8.78 Å². The van der Waals surface area contributed by atoms with Crippen LogP contribution in [0.3, 0.4) is 0 Å². The Hall–Kier alpha value is -1.42. The number of benzene rings is 1. The highest BCUT2D eigenvalue weighted by molar-refractivity contribution is 5.78. The van der Waals surface area contributed by atoms with Crippen LogP contribution in [0, 0.1) is 11.6 Å². The molecule has 4 heteroatoms. The molecule has 0 fully saturated rings. The van der Waals surface area contributed by atoms with E-state index in [1.165, 1.54) is 6.07 Å². The molecule has 1 aromatic carbocycles. The van der Waals surface area contributed by atoms with Crippen LogP contribution in [0.25, 0.3) is 11.0 Å². The van der Waals surface area contributed by atoms with Gasteiger partial charge in [-0.05, 0) is 38.1 Å². The van der Waals surface area contributed by atoms with E-state index in [2.05, 4.69) is 5.32 Å². The third-order valence-electron chi connectivity index (χ3n) is 2.71. The molecule has 0 aliphatic rings. The van der Waals surface area contributed by atoms with E-state index in [-0.39, 0.29) is 11.4 Å². The summed E-state index contributed by atoms with van der Waals surface area (Å²) in [5, 5.41) is 3.22. The number of hydrogen-bond donors (Lipinski definition) is 1. The molecule has 0 amide bonds. The van der Waals surface area contributed by atoms with Crippen LogP contribution in [0.2, 0.25) is 0 Å². The van der Waals surface area contributed by atoms with Crippen molar-refractivity contribution in [2.45, 2.75) is 19.4 Å². The monoisotopic (exact) mass is 225 g/mol. The van der Waals surface area contributed by atoms with E-state index >= 15 is 0 Å². The molecule has 0 radical (unpaired) electrons. The van der Waals surface area contributed by atoms with Crippen molar-refractivity contribution < 1.29 is 13.2 Å². The van der Waals surface area contributed by atoms with E-state index in [1.54, 1.807) is 6.07 Å². The van der Waals surface area contributed by atoms with Gasteiger partial charge in [0.2, 0.25) is 0 Å². The van der Waals surface area contributed by atoms with Gasteiger partial charge in [-0.1, -0.05) is 0 Å². The predicted octanol–water partition coefficient (Wildman–Crippen LogP) is 2.86. The van der Waals surface area contributed by atoms with Gasteiger partial charge in [0, 0.05) is 6.04 Å². The summed E-state index contributed by atoms with van der Waals surface area (Å²) < 4.78 is 31.7. The van der Waals surface area contributed by atoms with Crippen LogP contribution in [0.4, 0.5) is 8.78 Å². The maximum absolute atomic E-state index is 13.6. The molecule has 0 saturated carbocycles. The molecular weight excluding hydrogens is 212 g/mol. The smallest absolute Gasteiger partial charge is 0.169 e. The van der Waals surface area contributed by atoms with E-state index < -0.39 is 11.6 Å². The first kappa shape index (κ1) is 11.1. The molecule has 0 aliphatic heterocycles. The van der Waals surface area contributed by atoms with Crippen molar-refractivity contribution in [1.82, 2.24) is 5.32 Å². The number of likely N-dealkylation sites (N-methyl/N-ethyl adjacent to an activating group) is 1. The Kier molecular flexibility index (Phi) is 2.92. The number of halogens is 2. The second kappa shape index (κ2) is 4.22. The highest BCUT2D eigenvalue weighted by Crippen LogP contribution is 2.24. The van der Waals surface area contributed by atoms with E-state index in [9.17, 15) is 8.78 Å². The summed E-state index contributed by atoms with van der Waals surface area (Å²) in [7, 11) is 1.81. The van der Waals surface area contributed by atoms with E-state index in [0.717, 1.165) is 6.26 Å². The van der Waals surface area contributed by atoms with Gasteiger partial charge in [-0.3, -0.25) is 0 Å². The summed E-state index contributed by atoms with van der Waals surface area (Å²) in [4.78, 5) is 0. The maximum atomic E-state index is 13.6. The fourth-order valence-electron chi connectivity index (χ4n) is 1.65. The van der Waals surface area contributed by atoms with Crippen LogP contribution in [-0.2, 0) is 6.42 Å². The molecule has 2 rings (SSSR count). The van der Waals surface area contributed by atoms with Gasteiger partial charge in [0.05, 0.1) is 5.39 Å².